The number of Topliss-reactive ketones (excluding diaryl/α,β-unsaturated/α-hetero) is 1. The second-order valence-corrected chi connectivity index (χ2v) is 5.67. The fourth-order valence-corrected chi connectivity index (χ4v) is 3.14. The summed E-state index contributed by atoms with van der Waals surface area (Å²) in [6, 6.07) is 14.3. The van der Waals surface area contributed by atoms with E-state index in [4.69, 9.17) is 0 Å². The van der Waals surface area contributed by atoms with E-state index in [0.29, 0.717) is 12.2 Å². The maximum atomic E-state index is 12.2. The van der Waals surface area contributed by atoms with Gasteiger partial charge < -0.3 is 0 Å². The van der Waals surface area contributed by atoms with Crippen molar-refractivity contribution in [2.75, 3.05) is 0 Å². The topological polar surface area (TPSA) is 17.1 Å². The second kappa shape index (κ2) is 5.56. The Kier molecular flexibility index (Phi) is 3.63. The lowest BCUT2D eigenvalue weighted by Crippen LogP contribution is -2.02. The van der Waals surface area contributed by atoms with Crippen LogP contribution < -0.4 is 0 Å². The Bertz CT molecular complexity index is 579. The number of hydrogen-bond donors (Lipinski definition) is 0. The van der Waals surface area contributed by atoms with Gasteiger partial charge in [0.15, 0.2) is 5.78 Å². The van der Waals surface area contributed by atoms with Crippen molar-refractivity contribution in [3.05, 3.63) is 48.0 Å². The minimum absolute atomic E-state index is 0.303. The van der Waals surface area contributed by atoms with Crippen LogP contribution in [-0.2, 0) is 0 Å². The average Bonchev–Trinajstić information content (AvgIpc) is 2.97. The number of carbonyl (C=O) groups is 1. The van der Waals surface area contributed by atoms with Crippen LogP contribution in [0.1, 0.15) is 48.9 Å². The first-order valence-corrected chi connectivity index (χ1v) is 7.35. The van der Waals surface area contributed by atoms with Gasteiger partial charge in [0, 0.05) is 12.0 Å². The zero-order valence-corrected chi connectivity index (χ0v) is 11.3. The van der Waals surface area contributed by atoms with Gasteiger partial charge in [0.1, 0.15) is 0 Å². The van der Waals surface area contributed by atoms with Crippen molar-refractivity contribution in [3.63, 3.8) is 0 Å². The number of fused-ring (bicyclic) bond motifs is 1. The fraction of sp³-hybridized carbons (Fsp3) is 0.389. The summed E-state index contributed by atoms with van der Waals surface area (Å²) in [6.07, 6.45) is 7.15. The molecule has 1 saturated carbocycles. The third-order valence-electron chi connectivity index (χ3n) is 4.33. The Morgan fingerprint density at radius 2 is 1.74 bits per heavy atom. The molecule has 2 aromatic rings. The van der Waals surface area contributed by atoms with Gasteiger partial charge >= 0.3 is 0 Å². The molecule has 2 aromatic carbocycles. The molecule has 0 saturated heterocycles. The third kappa shape index (κ3) is 2.86. The van der Waals surface area contributed by atoms with E-state index in [1.165, 1.54) is 31.1 Å². The van der Waals surface area contributed by atoms with Gasteiger partial charge in [-0.2, -0.15) is 0 Å². The molecule has 98 valence electrons. The first-order valence-electron chi connectivity index (χ1n) is 7.35. The molecule has 3 rings (SSSR count). The Morgan fingerprint density at radius 3 is 2.53 bits per heavy atom. The third-order valence-corrected chi connectivity index (χ3v) is 4.33. The molecule has 0 bridgehead atoms. The molecule has 0 heterocycles. The summed E-state index contributed by atoms with van der Waals surface area (Å²) < 4.78 is 0. The lowest BCUT2D eigenvalue weighted by molar-refractivity contribution is 0.0974. The van der Waals surface area contributed by atoms with Crippen LogP contribution >= 0.6 is 0 Å². The second-order valence-electron chi connectivity index (χ2n) is 5.67. The Balaban J connectivity index is 1.70. The average molecular weight is 252 g/mol. The van der Waals surface area contributed by atoms with E-state index < -0.39 is 0 Å². The molecule has 1 fully saturated rings. The molecule has 1 aliphatic carbocycles. The van der Waals surface area contributed by atoms with E-state index >= 15 is 0 Å². The predicted molar refractivity (Wildman–Crippen MR) is 79.5 cm³/mol. The SMILES string of the molecule is O=C(CCC1CCCC1)c1ccc2ccccc2c1. The number of carbonyl (C=O) groups excluding carboxylic acids is 1. The molecule has 0 aliphatic heterocycles. The quantitative estimate of drug-likeness (QED) is 0.700. The number of hydrogen-bond acceptors (Lipinski definition) is 1. The first-order chi connectivity index (χ1) is 9.33. The number of rotatable bonds is 4. The summed E-state index contributed by atoms with van der Waals surface area (Å²) in [6.45, 7) is 0. The fourth-order valence-electron chi connectivity index (χ4n) is 3.14. The largest absolute Gasteiger partial charge is 0.294 e. The summed E-state index contributed by atoms with van der Waals surface area (Å²) in [4.78, 5) is 12.2. The molecule has 0 N–H and O–H groups in total. The standard InChI is InChI=1S/C18H20O/c19-18(12-9-14-5-1-2-6-14)17-11-10-15-7-3-4-8-16(15)13-17/h3-4,7-8,10-11,13-14H,1-2,5-6,9,12H2. The lowest BCUT2D eigenvalue weighted by Gasteiger charge is -2.08. The van der Waals surface area contributed by atoms with Crippen molar-refractivity contribution in [3.8, 4) is 0 Å². The van der Waals surface area contributed by atoms with Gasteiger partial charge in [0.05, 0.1) is 0 Å². The van der Waals surface area contributed by atoms with E-state index in [-0.39, 0.29) is 0 Å². The van der Waals surface area contributed by atoms with Gasteiger partial charge in [0.25, 0.3) is 0 Å². The van der Waals surface area contributed by atoms with Gasteiger partial charge in [-0.1, -0.05) is 62.1 Å². The van der Waals surface area contributed by atoms with Gasteiger partial charge in [-0.25, -0.2) is 0 Å². The number of benzene rings is 2. The van der Waals surface area contributed by atoms with Crippen molar-refractivity contribution >= 4 is 16.6 Å². The summed E-state index contributed by atoms with van der Waals surface area (Å²) in [5.41, 5.74) is 0.872. The summed E-state index contributed by atoms with van der Waals surface area (Å²) in [5.74, 6) is 1.10. The molecule has 0 aromatic heterocycles. The highest BCUT2D eigenvalue weighted by atomic mass is 16.1. The van der Waals surface area contributed by atoms with E-state index in [0.717, 1.165) is 23.3 Å². The number of ketones is 1. The molecule has 1 aliphatic rings. The lowest BCUT2D eigenvalue weighted by atomic mass is 9.96. The van der Waals surface area contributed by atoms with Crippen LogP contribution in [0.2, 0.25) is 0 Å². The van der Waals surface area contributed by atoms with Crippen molar-refractivity contribution in [2.45, 2.75) is 38.5 Å². The maximum absolute atomic E-state index is 12.2. The first kappa shape index (κ1) is 12.4. The summed E-state index contributed by atoms with van der Waals surface area (Å²) in [7, 11) is 0. The van der Waals surface area contributed by atoms with E-state index in [2.05, 4.69) is 18.2 Å². The maximum Gasteiger partial charge on any atom is 0.162 e. The molecular weight excluding hydrogens is 232 g/mol. The van der Waals surface area contributed by atoms with Crippen LogP contribution in [0.4, 0.5) is 0 Å². The van der Waals surface area contributed by atoms with Crippen molar-refractivity contribution in [1.82, 2.24) is 0 Å². The van der Waals surface area contributed by atoms with E-state index in [1.54, 1.807) is 0 Å². The van der Waals surface area contributed by atoms with Crippen LogP contribution in [0, 0.1) is 5.92 Å². The summed E-state index contributed by atoms with van der Waals surface area (Å²) in [5, 5.41) is 2.36. The van der Waals surface area contributed by atoms with Crippen molar-refractivity contribution in [1.29, 1.82) is 0 Å². The normalized spacial score (nSPS) is 16.0. The zero-order chi connectivity index (χ0) is 13.1. The zero-order valence-electron chi connectivity index (χ0n) is 11.3. The predicted octanol–water partition coefficient (Wildman–Crippen LogP) is 4.99. The van der Waals surface area contributed by atoms with Crippen molar-refractivity contribution < 1.29 is 4.79 Å². The smallest absolute Gasteiger partial charge is 0.162 e. The Morgan fingerprint density at radius 1 is 1.00 bits per heavy atom. The molecule has 1 nitrogen and oxygen atoms in total. The molecule has 19 heavy (non-hydrogen) atoms. The highest BCUT2D eigenvalue weighted by molar-refractivity contribution is 5.99. The van der Waals surface area contributed by atoms with Crippen molar-refractivity contribution in [2.24, 2.45) is 5.92 Å². The molecular formula is C18H20O. The van der Waals surface area contributed by atoms with E-state index in [1.807, 2.05) is 24.3 Å². The highest BCUT2D eigenvalue weighted by Crippen LogP contribution is 2.29. The van der Waals surface area contributed by atoms with Crippen LogP contribution in [-0.4, -0.2) is 5.78 Å². The van der Waals surface area contributed by atoms with Crippen LogP contribution in [0.15, 0.2) is 42.5 Å². The van der Waals surface area contributed by atoms with Gasteiger partial charge in [-0.3, -0.25) is 4.79 Å². The minimum Gasteiger partial charge on any atom is -0.294 e. The molecule has 1 heteroatoms. The van der Waals surface area contributed by atoms with Gasteiger partial charge in [-0.15, -0.1) is 0 Å². The van der Waals surface area contributed by atoms with Gasteiger partial charge in [-0.05, 0) is 29.2 Å². The molecule has 0 atom stereocenters. The van der Waals surface area contributed by atoms with Crippen LogP contribution in [0.5, 0.6) is 0 Å². The molecule has 0 amide bonds. The van der Waals surface area contributed by atoms with Gasteiger partial charge in [0.2, 0.25) is 0 Å². The minimum atomic E-state index is 0.303. The van der Waals surface area contributed by atoms with E-state index in [9.17, 15) is 4.79 Å². The summed E-state index contributed by atoms with van der Waals surface area (Å²) >= 11 is 0. The monoisotopic (exact) mass is 252 g/mol. The molecule has 0 spiro atoms. The van der Waals surface area contributed by atoms with Crippen LogP contribution in [0.3, 0.4) is 0 Å². The Labute approximate surface area is 114 Å². The van der Waals surface area contributed by atoms with Crippen LogP contribution in [0.25, 0.3) is 10.8 Å². The molecule has 0 radical (unpaired) electrons. The molecule has 0 unspecified atom stereocenters. The Hall–Kier alpha value is -1.63. The highest BCUT2D eigenvalue weighted by Gasteiger charge is 2.16.